The Kier molecular flexibility index (Phi) is 3.96. The number of nitrogens with one attached hydrogen (secondary N) is 1. The minimum Gasteiger partial charge on any atom is -0.299 e. The zero-order valence-electron chi connectivity index (χ0n) is 11.7. The fraction of sp³-hybridized carbons (Fsp3) is 0.533. The first-order chi connectivity index (χ1) is 9.75. The fourth-order valence-corrected chi connectivity index (χ4v) is 3.28. The summed E-state index contributed by atoms with van der Waals surface area (Å²) in [5.74, 6) is 2.31. The lowest BCUT2D eigenvalue weighted by molar-refractivity contribution is 0.228. The van der Waals surface area contributed by atoms with E-state index in [1.807, 2.05) is 18.2 Å². The first-order valence-corrected chi connectivity index (χ1v) is 7.73. The van der Waals surface area contributed by atoms with Gasteiger partial charge >= 0.3 is 0 Å². The van der Waals surface area contributed by atoms with Gasteiger partial charge in [0.05, 0.1) is 0 Å². The van der Waals surface area contributed by atoms with Crippen LogP contribution in [0.2, 0.25) is 0 Å². The van der Waals surface area contributed by atoms with Crippen molar-refractivity contribution >= 4 is 12.2 Å². The molecule has 4 nitrogen and oxygen atoms in total. The Labute approximate surface area is 124 Å². The third-order valence-electron chi connectivity index (χ3n) is 4.36. The maximum absolute atomic E-state index is 5.40. The summed E-state index contributed by atoms with van der Waals surface area (Å²) >= 11 is 5.40. The highest BCUT2D eigenvalue weighted by atomic mass is 32.1. The van der Waals surface area contributed by atoms with E-state index < -0.39 is 0 Å². The van der Waals surface area contributed by atoms with E-state index in [4.69, 9.17) is 12.2 Å². The largest absolute Gasteiger partial charge is 0.299 e. The maximum Gasteiger partial charge on any atom is 0.195 e. The van der Waals surface area contributed by atoms with Crippen LogP contribution in [0.1, 0.15) is 32.6 Å². The summed E-state index contributed by atoms with van der Waals surface area (Å²) in [7, 11) is 0. The molecule has 0 spiro atoms. The van der Waals surface area contributed by atoms with Crippen LogP contribution in [0.15, 0.2) is 24.4 Å². The molecule has 2 heterocycles. The summed E-state index contributed by atoms with van der Waals surface area (Å²) < 4.78 is 2.81. The highest BCUT2D eigenvalue weighted by Crippen LogP contribution is 2.31. The van der Waals surface area contributed by atoms with Crippen molar-refractivity contribution in [1.29, 1.82) is 0 Å². The number of aromatic nitrogens is 4. The van der Waals surface area contributed by atoms with Gasteiger partial charge in [-0.25, -0.2) is 0 Å². The number of rotatable bonds is 3. The third kappa shape index (κ3) is 2.68. The highest BCUT2D eigenvalue weighted by molar-refractivity contribution is 7.71. The van der Waals surface area contributed by atoms with Crippen LogP contribution in [0.3, 0.4) is 0 Å². The van der Waals surface area contributed by atoms with E-state index in [1.54, 1.807) is 6.20 Å². The standard InChI is InChI=1S/C15H20N4S/c1-11-6-2-3-7-12(11)10-19-14(17-18-15(19)20)13-8-4-5-9-16-13/h4-5,8-9,11-12H,2-3,6-7,10H2,1H3,(H,18,20). The van der Waals surface area contributed by atoms with Gasteiger partial charge in [-0.3, -0.25) is 14.6 Å². The molecule has 1 N–H and O–H groups in total. The van der Waals surface area contributed by atoms with Crippen LogP contribution in [0.4, 0.5) is 0 Å². The molecular weight excluding hydrogens is 268 g/mol. The smallest absolute Gasteiger partial charge is 0.195 e. The monoisotopic (exact) mass is 288 g/mol. The molecule has 0 amide bonds. The van der Waals surface area contributed by atoms with Crippen molar-refractivity contribution in [2.24, 2.45) is 11.8 Å². The average Bonchev–Trinajstić information content (AvgIpc) is 2.84. The predicted octanol–water partition coefficient (Wildman–Crippen LogP) is 3.83. The van der Waals surface area contributed by atoms with Crippen LogP contribution in [-0.2, 0) is 6.54 Å². The lowest BCUT2D eigenvalue weighted by Crippen LogP contribution is -2.22. The van der Waals surface area contributed by atoms with Crippen LogP contribution in [0.5, 0.6) is 0 Å². The first-order valence-electron chi connectivity index (χ1n) is 7.32. The molecule has 0 saturated heterocycles. The van der Waals surface area contributed by atoms with Crippen molar-refractivity contribution in [3.05, 3.63) is 29.2 Å². The lowest BCUT2D eigenvalue weighted by atomic mass is 9.80. The Morgan fingerprint density at radius 2 is 2.20 bits per heavy atom. The second-order valence-electron chi connectivity index (χ2n) is 5.70. The van der Waals surface area contributed by atoms with Crippen molar-refractivity contribution in [3.63, 3.8) is 0 Å². The summed E-state index contributed by atoms with van der Waals surface area (Å²) in [4.78, 5) is 4.39. The van der Waals surface area contributed by atoms with Crippen molar-refractivity contribution in [3.8, 4) is 11.5 Å². The number of H-pyrrole nitrogens is 1. The number of aromatic amines is 1. The molecule has 20 heavy (non-hydrogen) atoms. The van der Waals surface area contributed by atoms with Crippen molar-refractivity contribution in [2.45, 2.75) is 39.2 Å². The molecular formula is C15H20N4S. The van der Waals surface area contributed by atoms with Crippen LogP contribution in [-0.4, -0.2) is 19.7 Å². The molecule has 1 aliphatic carbocycles. The van der Waals surface area contributed by atoms with E-state index >= 15 is 0 Å². The van der Waals surface area contributed by atoms with E-state index in [9.17, 15) is 0 Å². The molecule has 0 bridgehead atoms. The molecule has 1 fully saturated rings. The molecule has 106 valence electrons. The molecule has 1 aliphatic rings. The van der Waals surface area contributed by atoms with Crippen LogP contribution < -0.4 is 0 Å². The van der Waals surface area contributed by atoms with E-state index in [-0.39, 0.29) is 0 Å². The van der Waals surface area contributed by atoms with Crippen LogP contribution in [0, 0.1) is 16.6 Å². The Morgan fingerprint density at radius 3 is 2.95 bits per heavy atom. The van der Waals surface area contributed by atoms with Gasteiger partial charge in [0.15, 0.2) is 10.6 Å². The normalized spacial score (nSPS) is 22.9. The van der Waals surface area contributed by atoms with Gasteiger partial charge in [0.25, 0.3) is 0 Å². The van der Waals surface area contributed by atoms with Crippen LogP contribution >= 0.6 is 12.2 Å². The van der Waals surface area contributed by atoms with Gasteiger partial charge in [0.2, 0.25) is 0 Å². The molecule has 2 unspecified atom stereocenters. The minimum atomic E-state index is 0.690. The molecule has 0 radical (unpaired) electrons. The average molecular weight is 288 g/mol. The van der Waals surface area contributed by atoms with Gasteiger partial charge in [-0.1, -0.05) is 32.3 Å². The second kappa shape index (κ2) is 5.87. The molecule has 5 heteroatoms. The van der Waals surface area contributed by atoms with Crippen LogP contribution in [0.25, 0.3) is 11.5 Å². The lowest BCUT2D eigenvalue weighted by Gasteiger charge is -2.29. The number of nitrogens with zero attached hydrogens (tertiary/aromatic N) is 3. The quantitative estimate of drug-likeness (QED) is 0.873. The molecule has 3 rings (SSSR count). The van der Waals surface area contributed by atoms with Gasteiger partial charge in [0.1, 0.15) is 5.69 Å². The summed E-state index contributed by atoms with van der Waals surface area (Å²) in [5, 5.41) is 7.28. The number of hydrogen-bond donors (Lipinski definition) is 1. The zero-order valence-corrected chi connectivity index (χ0v) is 12.6. The molecule has 2 aromatic heterocycles. The van der Waals surface area contributed by atoms with Crippen molar-refractivity contribution < 1.29 is 0 Å². The molecule has 0 aliphatic heterocycles. The Hall–Kier alpha value is -1.49. The Bertz CT molecular complexity index is 616. The summed E-state index contributed by atoms with van der Waals surface area (Å²) in [6.45, 7) is 3.30. The maximum atomic E-state index is 5.40. The topological polar surface area (TPSA) is 46.5 Å². The molecule has 1 saturated carbocycles. The summed E-state index contributed by atoms with van der Waals surface area (Å²) in [5.41, 5.74) is 0.878. The highest BCUT2D eigenvalue weighted by Gasteiger charge is 2.23. The number of hydrogen-bond acceptors (Lipinski definition) is 3. The van der Waals surface area contributed by atoms with Gasteiger partial charge in [-0.15, -0.1) is 0 Å². The van der Waals surface area contributed by atoms with Gasteiger partial charge in [-0.2, -0.15) is 5.10 Å². The zero-order chi connectivity index (χ0) is 13.9. The molecule has 2 aromatic rings. The van der Waals surface area contributed by atoms with E-state index in [1.165, 1.54) is 25.7 Å². The van der Waals surface area contributed by atoms with Gasteiger partial charge in [-0.05, 0) is 42.6 Å². The van der Waals surface area contributed by atoms with E-state index in [0.29, 0.717) is 10.7 Å². The Morgan fingerprint density at radius 1 is 1.35 bits per heavy atom. The number of pyridine rings is 1. The third-order valence-corrected chi connectivity index (χ3v) is 4.67. The predicted molar refractivity (Wildman–Crippen MR) is 81.8 cm³/mol. The first kappa shape index (κ1) is 13.5. The van der Waals surface area contributed by atoms with E-state index in [0.717, 1.165) is 24.0 Å². The van der Waals surface area contributed by atoms with Gasteiger partial charge in [0, 0.05) is 12.7 Å². The van der Waals surface area contributed by atoms with Crippen molar-refractivity contribution in [1.82, 2.24) is 19.7 Å². The summed E-state index contributed by atoms with van der Waals surface area (Å²) in [6, 6.07) is 5.87. The van der Waals surface area contributed by atoms with Crippen molar-refractivity contribution in [2.75, 3.05) is 0 Å². The summed E-state index contributed by atoms with van der Waals surface area (Å²) in [6.07, 6.45) is 7.10. The van der Waals surface area contributed by atoms with E-state index in [2.05, 4.69) is 26.7 Å². The SMILES string of the molecule is CC1CCCCC1Cn1c(-c2ccccn2)n[nH]c1=S. The van der Waals surface area contributed by atoms with Gasteiger partial charge < -0.3 is 0 Å². The second-order valence-corrected chi connectivity index (χ2v) is 6.09. The molecule has 0 aromatic carbocycles. The molecule has 2 atom stereocenters. The fourth-order valence-electron chi connectivity index (χ4n) is 3.08. The Balaban J connectivity index is 1.90. The minimum absolute atomic E-state index is 0.690.